The standard InChI is InChI=1S/C21H19F7N2O4S/c1-19(2,21(26,27)28)34-18(31)29-13-6-5-12-4-3-9-30(17(12)10-13)35(32,33)14-7-8-16(22)15(11-14)20(23,24)25/h5-8,10-11H,3-4,9H2,1-2H3,(H,29,31). The molecule has 1 aliphatic rings. The number of alkyl halides is 6. The van der Waals surface area contributed by atoms with Gasteiger partial charge in [-0.25, -0.2) is 17.6 Å². The van der Waals surface area contributed by atoms with Crippen LogP contribution in [0.15, 0.2) is 41.3 Å². The van der Waals surface area contributed by atoms with Crippen LogP contribution in [-0.2, 0) is 27.4 Å². The topological polar surface area (TPSA) is 75.7 Å². The molecule has 0 atom stereocenters. The quantitative estimate of drug-likeness (QED) is 0.504. The molecule has 6 nitrogen and oxygen atoms in total. The third-order valence-electron chi connectivity index (χ3n) is 5.27. The van der Waals surface area contributed by atoms with Crippen molar-refractivity contribution in [3.63, 3.8) is 0 Å². The number of ether oxygens (including phenoxy) is 1. The van der Waals surface area contributed by atoms with Crippen LogP contribution < -0.4 is 9.62 Å². The second kappa shape index (κ2) is 8.88. The number of halogens is 7. The number of rotatable bonds is 4. The summed E-state index contributed by atoms with van der Waals surface area (Å²) >= 11 is 0. The van der Waals surface area contributed by atoms with E-state index in [0.29, 0.717) is 44.4 Å². The highest BCUT2D eigenvalue weighted by molar-refractivity contribution is 7.92. The molecule has 14 heteroatoms. The monoisotopic (exact) mass is 528 g/mol. The van der Waals surface area contributed by atoms with E-state index in [1.54, 1.807) is 0 Å². The lowest BCUT2D eigenvalue weighted by Gasteiger charge is -2.31. The first-order valence-corrected chi connectivity index (χ1v) is 11.5. The van der Waals surface area contributed by atoms with Crippen LogP contribution in [0.3, 0.4) is 0 Å². The number of aryl methyl sites for hydroxylation is 1. The Morgan fingerprint density at radius 2 is 1.69 bits per heavy atom. The lowest BCUT2D eigenvalue weighted by atomic mass is 10.0. The molecule has 2 aromatic rings. The Balaban J connectivity index is 1.94. The van der Waals surface area contributed by atoms with Gasteiger partial charge in [0, 0.05) is 12.2 Å². The van der Waals surface area contributed by atoms with Crippen molar-refractivity contribution < 1.29 is 48.7 Å². The van der Waals surface area contributed by atoms with E-state index in [-0.39, 0.29) is 24.0 Å². The number of hydrogen-bond donors (Lipinski definition) is 1. The van der Waals surface area contributed by atoms with Crippen molar-refractivity contribution in [1.82, 2.24) is 0 Å². The molecule has 192 valence electrons. The summed E-state index contributed by atoms with van der Waals surface area (Å²) < 4.78 is 123. The van der Waals surface area contributed by atoms with E-state index in [4.69, 9.17) is 0 Å². The Morgan fingerprint density at radius 3 is 2.29 bits per heavy atom. The maximum atomic E-state index is 13.6. The number of sulfonamides is 1. The summed E-state index contributed by atoms with van der Waals surface area (Å²) in [5, 5.41) is 2.09. The van der Waals surface area contributed by atoms with Gasteiger partial charge in [-0.3, -0.25) is 9.62 Å². The molecule has 1 N–H and O–H groups in total. The molecule has 0 saturated heterocycles. The molecule has 0 aliphatic carbocycles. The number of hydrogen-bond acceptors (Lipinski definition) is 4. The maximum Gasteiger partial charge on any atom is 0.427 e. The fourth-order valence-electron chi connectivity index (χ4n) is 3.31. The minimum Gasteiger partial charge on any atom is -0.434 e. The molecule has 1 aliphatic heterocycles. The summed E-state index contributed by atoms with van der Waals surface area (Å²) in [4.78, 5) is 11.2. The Bertz CT molecular complexity index is 1240. The second-order valence-electron chi connectivity index (χ2n) is 8.19. The van der Waals surface area contributed by atoms with Crippen molar-refractivity contribution in [2.45, 2.75) is 49.5 Å². The number of amides is 1. The number of carbonyl (C=O) groups excluding carboxylic acids is 1. The predicted molar refractivity (Wildman–Crippen MR) is 111 cm³/mol. The fourth-order valence-corrected chi connectivity index (χ4v) is 4.87. The molecule has 0 fully saturated rings. The van der Waals surface area contributed by atoms with Gasteiger partial charge in [0.15, 0.2) is 0 Å². The van der Waals surface area contributed by atoms with Gasteiger partial charge in [-0.1, -0.05) is 6.07 Å². The Kier molecular flexibility index (Phi) is 6.74. The first-order valence-electron chi connectivity index (χ1n) is 10.0. The SMILES string of the molecule is CC(C)(OC(=O)Nc1ccc2c(c1)N(S(=O)(=O)c1ccc(F)c(C(F)(F)F)c1)CCC2)C(F)(F)F. The zero-order valence-electron chi connectivity index (χ0n) is 18.2. The van der Waals surface area contributed by atoms with E-state index in [2.05, 4.69) is 10.1 Å². The van der Waals surface area contributed by atoms with Crippen LogP contribution in [0.1, 0.15) is 31.4 Å². The summed E-state index contributed by atoms with van der Waals surface area (Å²) in [6, 6.07) is 5.19. The van der Waals surface area contributed by atoms with Crippen molar-refractivity contribution >= 4 is 27.5 Å². The van der Waals surface area contributed by atoms with Gasteiger partial charge < -0.3 is 4.74 Å². The first-order chi connectivity index (χ1) is 15.9. The molecule has 35 heavy (non-hydrogen) atoms. The van der Waals surface area contributed by atoms with Crippen LogP contribution >= 0.6 is 0 Å². The van der Waals surface area contributed by atoms with Crippen molar-refractivity contribution in [3.8, 4) is 0 Å². The average molecular weight is 528 g/mol. The zero-order chi connectivity index (χ0) is 26.4. The van der Waals surface area contributed by atoms with E-state index >= 15 is 0 Å². The summed E-state index contributed by atoms with van der Waals surface area (Å²) in [5.41, 5.74) is -4.20. The molecule has 0 aromatic heterocycles. The highest BCUT2D eigenvalue weighted by Crippen LogP contribution is 2.38. The fraction of sp³-hybridized carbons (Fsp3) is 0.381. The van der Waals surface area contributed by atoms with Gasteiger partial charge in [0.05, 0.1) is 16.1 Å². The Labute approximate surface area is 195 Å². The number of anilines is 2. The molecule has 1 heterocycles. The molecule has 0 unspecified atom stereocenters. The molecule has 0 saturated carbocycles. The van der Waals surface area contributed by atoms with Crippen molar-refractivity contribution in [2.24, 2.45) is 0 Å². The van der Waals surface area contributed by atoms with Crippen LogP contribution in [0, 0.1) is 5.82 Å². The summed E-state index contributed by atoms with van der Waals surface area (Å²) in [6.45, 7) is 1.15. The first kappa shape index (κ1) is 26.6. The number of carbonyl (C=O) groups is 1. The van der Waals surface area contributed by atoms with Crippen molar-refractivity contribution in [3.05, 3.63) is 53.3 Å². The third-order valence-corrected chi connectivity index (χ3v) is 7.08. The van der Waals surface area contributed by atoms with Crippen LogP contribution in [0.25, 0.3) is 0 Å². The van der Waals surface area contributed by atoms with E-state index in [0.717, 1.165) is 10.4 Å². The molecular weight excluding hydrogens is 509 g/mol. The summed E-state index contributed by atoms with van der Waals surface area (Å²) in [7, 11) is -4.59. The van der Waals surface area contributed by atoms with Gasteiger partial charge in [-0.2, -0.15) is 26.3 Å². The molecule has 1 amide bonds. The summed E-state index contributed by atoms with van der Waals surface area (Å²) in [5.74, 6) is -1.64. The van der Waals surface area contributed by atoms with Gasteiger partial charge >= 0.3 is 18.4 Å². The predicted octanol–water partition coefficient (Wildman–Crippen LogP) is 5.88. The highest BCUT2D eigenvalue weighted by Gasteiger charge is 2.51. The second-order valence-corrected chi connectivity index (χ2v) is 10.0. The van der Waals surface area contributed by atoms with E-state index in [1.807, 2.05) is 0 Å². The number of nitrogens with zero attached hydrogens (tertiary/aromatic N) is 1. The van der Waals surface area contributed by atoms with Crippen LogP contribution in [0.2, 0.25) is 0 Å². The van der Waals surface area contributed by atoms with E-state index < -0.39 is 50.3 Å². The summed E-state index contributed by atoms with van der Waals surface area (Å²) in [6.07, 6.45) is -10.7. The molecule has 0 spiro atoms. The van der Waals surface area contributed by atoms with Crippen LogP contribution in [-0.4, -0.2) is 32.8 Å². The molecule has 0 bridgehead atoms. The Morgan fingerprint density at radius 1 is 1.03 bits per heavy atom. The van der Waals surface area contributed by atoms with Gasteiger partial charge in [0.1, 0.15) is 5.82 Å². The average Bonchev–Trinajstić information content (AvgIpc) is 2.71. The Hall–Kier alpha value is -3.03. The molecule has 2 aromatic carbocycles. The third kappa shape index (κ3) is 5.46. The van der Waals surface area contributed by atoms with Gasteiger partial charge in [-0.05, 0) is 62.6 Å². The van der Waals surface area contributed by atoms with Crippen LogP contribution in [0.4, 0.5) is 46.9 Å². The van der Waals surface area contributed by atoms with Gasteiger partial charge in [-0.15, -0.1) is 0 Å². The van der Waals surface area contributed by atoms with E-state index in [9.17, 15) is 43.9 Å². The smallest absolute Gasteiger partial charge is 0.427 e. The molecular formula is C21H19F7N2O4S. The van der Waals surface area contributed by atoms with Crippen molar-refractivity contribution in [1.29, 1.82) is 0 Å². The maximum absolute atomic E-state index is 13.6. The van der Waals surface area contributed by atoms with Crippen molar-refractivity contribution in [2.75, 3.05) is 16.2 Å². The molecule has 0 radical (unpaired) electrons. The lowest BCUT2D eigenvalue weighted by molar-refractivity contribution is -0.242. The van der Waals surface area contributed by atoms with Crippen LogP contribution in [0.5, 0.6) is 0 Å². The lowest BCUT2D eigenvalue weighted by Crippen LogP contribution is -2.44. The number of benzene rings is 2. The number of nitrogens with one attached hydrogen (secondary N) is 1. The zero-order valence-corrected chi connectivity index (χ0v) is 19.0. The van der Waals surface area contributed by atoms with Gasteiger partial charge in [0.2, 0.25) is 5.60 Å². The van der Waals surface area contributed by atoms with Gasteiger partial charge in [0.25, 0.3) is 10.0 Å². The van der Waals surface area contributed by atoms with E-state index in [1.165, 1.54) is 12.1 Å². The minimum absolute atomic E-state index is 0.00187. The normalized spacial score (nSPS) is 14.9. The largest absolute Gasteiger partial charge is 0.434 e. The number of fused-ring (bicyclic) bond motifs is 1. The highest BCUT2D eigenvalue weighted by atomic mass is 32.2. The molecule has 3 rings (SSSR count). The minimum atomic E-state index is -5.13.